The summed E-state index contributed by atoms with van der Waals surface area (Å²) in [4.78, 5) is 0. The molecular formula is C15H36In. The minimum absolute atomic E-state index is 0. The smallest absolute Gasteiger partial charge is 0 e. The van der Waals surface area contributed by atoms with E-state index in [1.807, 2.05) is 0 Å². The molecule has 0 N–H and O–H groups in total. The van der Waals surface area contributed by atoms with Gasteiger partial charge in [0.2, 0.25) is 0 Å². The first-order chi connectivity index (χ1) is 6.00. The largest absolute Gasteiger partial charge is 0.0604 e. The second-order valence-corrected chi connectivity index (χ2v) is 9.00. The third-order valence-electron chi connectivity index (χ3n) is 0. The maximum Gasteiger partial charge on any atom is 0 e. The molecule has 99 valence electrons. The van der Waals surface area contributed by atoms with E-state index < -0.39 is 0 Å². The van der Waals surface area contributed by atoms with Crippen molar-refractivity contribution in [2.24, 2.45) is 16.2 Å². The minimum atomic E-state index is 0. The molecule has 0 rings (SSSR count). The van der Waals surface area contributed by atoms with Crippen LogP contribution in [-0.4, -0.2) is 25.8 Å². The van der Waals surface area contributed by atoms with Crippen LogP contribution < -0.4 is 0 Å². The first kappa shape index (κ1) is 25.7. The zero-order valence-electron chi connectivity index (χ0n) is 14.1. The molecule has 0 unspecified atom stereocenters. The van der Waals surface area contributed by atoms with Gasteiger partial charge in [-0.15, -0.1) is 0 Å². The molecule has 0 fully saturated rings. The Morgan fingerprint density at radius 2 is 0.312 bits per heavy atom. The van der Waals surface area contributed by atoms with Gasteiger partial charge >= 0.3 is 0 Å². The summed E-state index contributed by atoms with van der Waals surface area (Å²) in [6.45, 7) is 26.2. The van der Waals surface area contributed by atoms with Gasteiger partial charge in [0, 0.05) is 25.8 Å². The van der Waals surface area contributed by atoms with Crippen LogP contribution in [0.4, 0.5) is 0 Å². The molecule has 0 aromatic heterocycles. The normalized spacial score (nSPS) is 11.2. The summed E-state index contributed by atoms with van der Waals surface area (Å²) in [7, 11) is 0. The van der Waals surface area contributed by atoms with Gasteiger partial charge in [0.15, 0.2) is 0 Å². The Balaban J connectivity index is -0.0000000655. The quantitative estimate of drug-likeness (QED) is 0.528. The summed E-state index contributed by atoms with van der Waals surface area (Å²) in [5, 5.41) is 0. The molecule has 0 spiro atoms. The number of hydrogen-bond donors (Lipinski definition) is 0. The van der Waals surface area contributed by atoms with Crippen molar-refractivity contribution in [1.82, 2.24) is 0 Å². The molecule has 0 bridgehead atoms. The fourth-order valence-electron chi connectivity index (χ4n) is 0. The van der Waals surface area contributed by atoms with Gasteiger partial charge in [-0.05, 0) is 16.2 Å². The predicted molar refractivity (Wildman–Crippen MR) is 81.1 cm³/mol. The van der Waals surface area contributed by atoms with Gasteiger partial charge in [0.1, 0.15) is 0 Å². The Labute approximate surface area is 125 Å². The molecule has 0 heterocycles. The van der Waals surface area contributed by atoms with Crippen molar-refractivity contribution in [3.05, 3.63) is 0 Å². The Kier molecular flexibility index (Phi) is 15.8. The van der Waals surface area contributed by atoms with Crippen molar-refractivity contribution in [3.63, 3.8) is 0 Å². The maximum atomic E-state index is 2.19. The fourth-order valence-corrected chi connectivity index (χ4v) is 0. The van der Waals surface area contributed by atoms with Crippen LogP contribution in [0.2, 0.25) is 0 Å². The van der Waals surface area contributed by atoms with Crippen LogP contribution in [0.1, 0.15) is 83.1 Å². The van der Waals surface area contributed by atoms with Crippen molar-refractivity contribution >= 4 is 25.8 Å². The average Bonchev–Trinajstić information content (AvgIpc) is 1.41. The van der Waals surface area contributed by atoms with Crippen LogP contribution in [0, 0.1) is 16.2 Å². The van der Waals surface area contributed by atoms with Crippen LogP contribution in [0.25, 0.3) is 0 Å². The summed E-state index contributed by atoms with van der Waals surface area (Å²) in [5.41, 5.74) is 1.50. The van der Waals surface area contributed by atoms with Gasteiger partial charge in [0.05, 0.1) is 0 Å². The monoisotopic (exact) mass is 331 g/mol. The molecule has 0 amide bonds. The third kappa shape index (κ3) is 3780. The molecule has 0 aromatic carbocycles. The molecule has 1 heteroatoms. The van der Waals surface area contributed by atoms with Crippen LogP contribution in [0.3, 0.4) is 0 Å². The van der Waals surface area contributed by atoms with Crippen molar-refractivity contribution < 1.29 is 0 Å². The van der Waals surface area contributed by atoms with E-state index in [-0.39, 0.29) is 25.8 Å². The number of rotatable bonds is 0. The zero-order valence-corrected chi connectivity index (χ0v) is 17.4. The summed E-state index contributed by atoms with van der Waals surface area (Å²) >= 11 is 0. The Morgan fingerprint density at radius 3 is 0.312 bits per heavy atom. The van der Waals surface area contributed by atoms with Crippen molar-refractivity contribution in [3.8, 4) is 0 Å². The minimum Gasteiger partial charge on any atom is -0.0604 e. The van der Waals surface area contributed by atoms with E-state index in [4.69, 9.17) is 0 Å². The van der Waals surface area contributed by atoms with Crippen molar-refractivity contribution in [2.45, 2.75) is 83.1 Å². The van der Waals surface area contributed by atoms with E-state index in [0.717, 1.165) is 0 Å². The summed E-state index contributed by atoms with van der Waals surface area (Å²) < 4.78 is 0. The first-order valence-corrected chi connectivity index (χ1v) is 6.00. The van der Waals surface area contributed by atoms with Gasteiger partial charge in [-0.25, -0.2) is 0 Å². The molecule has 0 aliphatic rings. The van der Waals surface area contributed by atoms with E-state index >= 15 is 0 Å². The first-order valence-electron chi connectivity index (χ1n) is 6.00. The van der Waals surface area contributed by atoms with E-state index in [9.17, 15) is 0 Å². The van der Waals surface area contributed by atoms with Crippen LogP contribution in [-0.2, 0) is 0 Å². The molecular weight excluding hydrogens is 295 g/mol. The van der Waals surface area contributed by atoms with Gasteiger partial charge < -0.3 is 0 Å². The average molecular weight is 331 g/mol. The molecule has 0 aromatic rings. The third-order valence-corrected chi connectivity index (χ3v) is 0. The molecule has 16 heavy (non-hydrogen) atoms. The molecule has 0 atom stereocenters. The molecule has 0 aliphatic carbocycles. The summed E-state index contributed by atoms with van der Waals surface area (Å²) in [6, 6.07) is 0. The second kappa shape index (κ2) is 9.86. The maximum absolute atomic E-state index is 2.19. The zero-order chi connectivity index (χ0) is 13.5. The van der Waals surface area contributed by atoms with Crippen LogP contribution >= 0.6 is 0 Å². The second-order valence-electron chi connectivity index (χ2n) is 9.00. The Hall–Kier alpha value is 0.870. The van der Waals surface area contributed by atoms with Crippen LogP contribution in [0.15, 0.2) is 0 Å². The summed E-state index contributed by atoms with van der Waals surface area (Å²) in [6.07, 6.45) is 0. The summed E-state index contributed by atoms with van der Waals surface area (Å²) in [5.74, 6) is 0. The fraction of sp³-hybridized carbons (Fsp3) is 1.00. The predicted octanol–water partition coefficient (Wildman–Crippen LogP) is 5.78. The van der Waals surface area contributed by atoms with E-state index in [0.29, 0.717) is 16.2 Å². The van der Waals surface area contributed by atoms with E-state index in [1.165, 1.54) is 0 Å². The topological polar surface area (TPSA) is 0 Å². The van der Waals surface area contributed by atoms with E-state index in [1.54, 1.807) is 0 Å². The van der Waals surface area contributed by atoms with Gasteiger partial charge in [-0.1, -0.05) is 83.1 Å². The Bertz CT molecular complexity index is 80.5. The van der Waals surface area contributed by atoms with Gasteiger partial charge in [-0.3, -0.25) is 0 Å². The standard InChI is InChI=1S/3C5H12.In/c3*1-5(2,3)4;/h3*1-4H3;. The number of hydrogen-bond acceptors (Lipinski definition) is 0. The molecule has 0 saturated heterocycles. The molecule has 0 aliphatic heterocycles. The molecule has 3 radical (unpaired) electrons. The van der Waals surface area contributed by atoms with Gasteiger partial charge in [-0.2, -0.15) is 0 Å². The van der Waals surface area contributed by atoms with E-state index in [2.05, 4.69) is 83.1 Å². The molecule has 0 nitrogen and oxygen atoms in total. The van der Waals surface area contributed by atoms with Crippen LogP contribution in [0.5, 0.6) is 0 Å². The molecule has 0 saturated carbocycles. The van der Waals surface area contributed by atoms with Crippen molar-refractivity contribution in [2.75, 3.05) is 0 Å². The SMILES string of the molecule is CC(C)(C)C.CC(C)(C)C.CC(C)(C)C.[In]. The Morgan fingerprint density at radius 1 is 0.312 bits per heavy atom. The van der Waals surface area contributed by atoms with Gasteiger partial charge in [0.25, 0.3) is 0 Å². The van der Waals surface area contributed by atoms with Crippen molar-refractivity contribution in [1.29, 1.82) is 0 Å².